The molecule has 2 saturated heterocycles. The molecule has 1 N–H and O–H groups in total. The second-order valence-corrected chi connectivity index (χ2v) is 9.97. The van der Waals surface area contributed by atoms with Gasteiger partial charge in [-0.2, -0.15) is 17.0 Å². The van der Waals surface area contributed by atoms with E-state index in [2.05, 4.69) is 4.90 Å². The van der Waals surface area contributed by atoms with E-state index in [0.717, 1.165) is 23.2 Å². The molecule has 30 heavy (non-hydrogen) atoms. The fourth-order valence-corrected chi connectivity index (χ4v) is 5.95. The molecule has 0 aromatic heterocycles. The summed E-state index contributed by atoms with van der Waals surface area (Å²) in [6, 6.07) is 5.78. The Morgan fingerprint density at radius 1 is 1.07 bits per heavy atom. The van der Waals surface area contributed by atoms with Crippen molar-refractivity contribution in [1.82, 2.24) is 13.5 Å². The van der Waals surface area contributed by atoms with Crippen molar-refractivity contribution in [3.05, 3.63) is 29.3 Å². The first-order chi connectivity index (χ1) is 14.4. The number of aliphatic hydroxyl groups excluding tert-OH is 1. The number of nitrogens with zero attached hydrogens (tertiary/aromatic N) is 4. The minimum Gasteiger partial charge on any atom is -0.387 e. The molecule has 166 valence electrons. The van der Waals surface area contributed by atoms with Gasteiger partial charge in [-0.3, -0.25) is 9.69 Å². The highest BCUT2D eigenvalue weighted by Crippen LogP contribution is 2.31. The maximum Gasteiger partial charge on any atom is 0.282 e. The first kappa shape index (κ1) is 21.7. The number of carbonyl (C=O) groups excluding carboxylic acids is 1. The Morgan fingerprint density at radius 3 is 2.40 bits per heavy atom. The molecule has 0 spiro atoms. The maximum absolute atomic E-state index is 12.8. The lowest BCUT2D eigenvalue weighted by atomic mass is 10.0. The highest BCUT2D eigenvalue weighted by molar-refractivity contribution is 7.86. The molecule has 1 atom stereocenters. The van der Waals surface area contributed by atoms with Gasteiger partial charge in [-0.15, -0.1) is 0 Å². The van der Waals surface area contributed by atoms with Crippen LogP contribution >= 0.6 is 0 Å². The number of benzene rings is 1. The van der Waals surface area contributed by atoms with E-state index in [9.17, 15) is 18.3 Å². The van der Waals surface area contributed by atoms with E-state index in [4.69, 9.17) is 4.74 Å². The largest absolute Gasteiger partial charge is 0.387 e. The average Bonchev–Trinajstić information content (AvgIpc) is 3.18. The summed E-state index contributed by atoms with van der Waals surface area (Å²) in [6.07, 6.45) is 0.150. The number of fused-ring (bicyclic) bond motifs is 1. The zero-order valence-corrected chi connectivity index (χ0v) is 18.2. The number of morpholine rings is 1. The van der Waals surface area contributed by atoms with Gasteiger partial charge in [0.15, 0.2) is 0 Å². The van der Waals surface area contributed by atoms with Crippen molar-refractivity contribution in [2.24, 2.45) is 0 Å². The Morgan fingerprint density at radius 2 is 1.73 bits per heavy atom. The number of rotatable bonds is 5. The Balaban J connectivity index is 1.32. The van der Waals surface area contributed by atoms with Gasteiger partial charge in [0.1, 0.15) is 0 Å². The minimum atomic E-state index is -3.44. The van der Waals surface area contributed by atoms with E-state index in [1.807, 2.05) is 18.2 Å². The predicted octanol–water partition coefficient (Wildman–Crippen LogP) is -0.176. The van der Waals surface area contributed by atoms with Gasteiger partial charge in [-0.25, -0.2) is 0 Å². The topological polar surface area (TPSA) is 93.6 Å². The van der Waals surface area contributed by atoms with Crippen molar-refractivity contribution in [3.63, 3.8) is 0 Å². The third-order valence-corrected chi connectivity index (χ3v) is 8.18. The lowest BCUT2D eigenvalue weighted by Crippen LogP contribution is -2.55. The molecule has 3 aliphatic heterocycles. The molecule has 0 radical (unpaired) electrons. The Bertz CT molecular complexity index is 879. The van der Waals surface area contributed by atoms with Crippen molar-refractivity contribution in [1.29, 1.82) is 0 Å². The number of ether oxygens (including phenoxy) is 1. The SMILES string of the molecule is CC(=O)N1CCc2cc(C(O)CN3CCN(S(=O)(=O)N4CCOCC4)CC3)ccc21. The van der Waals surface area contributed by atoms with Crippen LogP contribution in [0.3, 0.4) is 0 Å². The van der Waals surface area contributed by atoms with Crippen LogP contribution in [0.15, 0.2) is 18.2 Å². The number of hydrogen-bond donors (Lipinski definition) is 1. The van der Waals surface area contributed by atoms with Crippen LogP contribution in [-0.2, 0) is 26.2 Å². The molecule has 3 aliphatic rings. The van der Waals surface area contributed by atoms with Crippen LogP contribution in [0, 0.1) is 0 Å². The molecule has 1 amide bonds. The van der Waals surface area contributed by atoms with Crippen LogP contribution in [0.5, 0.6) is 0 Å². The Labute approximate surface area is 178 Å². The normalized spacial score (nSPS) is 22.8. The van der Waals surface area contributed by atoms with Gasteiger partial charge >= 0.3 is 0 Å². The van der Waals surface area contributed by atoms with E-state index in [0.29, 0.717) is 65.6 Å². The van der Waals surface area contributed by atoms with Gasteiger partial charge in [0.2, 0.25) is 5.91 Å². The van der Waals surface area contributed by atoms with Crippen molar-refractivity contribution < 1.29 is 23.1 Å². The average molecular weight is 439 g/mol. The number of hydrogen-bond acceptors (Lipinski definition) is 6. The Kier molecular flexibility index (Phi) is 6.42. The number of anilines is 1. The van der Waals surface area contributed by atoms with Crippen molar-refractivity contribution in [3.8, 4) is 0 Å². The summed E-state index contributed by atoms with van der Waals surface area (Å²) in [4.78, 5) is 15.6. The molecular formula is C20H30N4O5S. The van der Waals surface area contributed by atoms with Gasteiger partial charge in [0.25, 0.3) is 10.2 Å². The Hall–Kier alpha value is -1.56. The first-order valence-electron chi connectivity index (χ1n) is 10.5. The van der Waals surface area contributed by atoms with Crippen LogP contribution in [-0.4, -0.2) is 98.5 Å². The van der Waals surface area contributed by atoms with E-state index in [-0.39, 0.29) is 5.91 Å². The maximum atomic E-state index is 12.8. The number of amides is 1. The van der Waals surface area contributed by atoms with Gasteiger partial charge < -0.3 is 14.7 Å². The predicted molar refractivity (Wildman–Crippen MR) is 112 cm³/mol. The fourth-order valence-electron chi connectivity index (χ4n) is 4.39. The molecule has 9 nitrogen and oxygen atoms in total. The van der Waals surface area contributed by atoms with Crippen LogP contribution in [0.2, 0.25) is 0 Å². The summed E-state index contributed by atoms with van der Waals surface area (Å²) in [5, 5.41) is 10.7. The molecule has 1 unspecified atom stereocenters. The van der Waals surface area contributed by atoms with Gasteiger partial charge in [-0.05, 0) is 23.6 Å². The van der Waals surface area contributed by atoms with Gasteiger partial charge in [-0.1, -0.05) is 12.1 Å². The smallest absolute Gasteiger partial charge is 0.282 e. The molecular weight excluding hydrogens is 408 g/mol. The lowest BCUT2D eigenvalue weighted by molar-refractivity contribution is -0.116. The molecule has 0 aliphatic carbocycles. The first-order valence-corrected chi connectivity index (χ1v) is 11.9. The van der Waals surface area contributed by atoms with E-state index in [1.54, 1.807) is 11.8 Å². The summed E-state index contributed by atoms with van der Waals surface area (Å²) in [5.41, 5.74) is 2.85. The third kappa shape index (κ3) is 4.39. The number of piperazine rings is 1. The quantitative estimate of drug-likeness (QED) is 0.686. The van der Waals surface area contributed by atoms with Gasteiger partial charge in [0.05, 0.1) is 19.3 Å². The lowest BCUT2D eigenvalue weighted by Gasteiger charge is -2.38. The molecule has 0 bridgehead atoms. The summed E-state index contributed by atoms with van der Waals surface area (Å²) in [5.74, 6) is 0.0342. The number of β-amino-alcohol motifs (C(OH)–C–C–N with tert-alkyl or cyclic N) is 1. The highest BCUT2D eigenvalue weighted by Gasteiger charge is 2.33. The van der Waals surface area contributed by atoms with Crippen molar-refractivity contribution in [2.75, 3.05) is 70.5 Å². The summed E-state index contributed by atoms with van der Waals surface area (Å²) in [7, 11) is -3.44. The molecule has 1 aromatic rings. The summed E-state index contributed by atoms with van der Waals surface area (Å²) in [6.45, 7) is 6.41. The third-order valence-electron chi connectivity index (χ3n) is 6.15. The molecule has 2 fully saturated rings. The standard InChI is InChI=1S/C20H30N4O5S/c1-16(25)24-5-4-17-14-18(2-3-19(17)24)20(26)15-21-6-8-22(9-7-21)30(27,28)23-10-12-29-13-11-23/h2-3,14,20,26H,4-13,15H2,1H3. The number of carbonyl (C=O) groups is 1. The van der Waals surface area contributed by atoms with E-state index < -0.39 is 16.3 Å². The highest BCUT2D eigenvalue weighted by atomic mass is 32.2. The van der Waals surface area contributed by atoms with Crippen molar-refractivity contribution >= 4 is 21.8 Å². The van der Waals surface area contributed by atoms with Gasteiger partial charge in [0, 0.05) is 65.0 Å². The van der Waals surface area contributed by atoms with Crippen LogP contribution in [0.25, 0.3) is 0 Å². The van der Waals surface area contributed by atoms with E-state index >= 15 is 0 Å². The second kappa shape index (κ2) is 8.89. The zero-order chi connectivity index (χ0) is 21.3. The number of aliphatic hydroxyl groups is 1. The van der Waals surface area contributed by atoms with Crippen LogP contribution in [0.1, 0.15) is 24.2 Å². The molecule has 1 aromatic carbocycles. The molecule has 0 saturated carbocycles. The summed E-state index contributed by atoms with van der Waals surface area (Å²) < 4.78 is 33.8. The van der Waals surface area contributed by atoms with Crippen LogP contribution in [0.4, 0.5) is 5.69 Å². The minimum absolute atomic E-state index is 0.0342. The van der Waals surface area contributed by atoms with Crippen molar-refractivity contribution in [2.45, 2.75) is 19.4 Å². The zero-order valence-electron chi connectivity index (χ0n) is 17.4. The van der Waals surface area contributed by atoms with Crippen LogP contribution < -0.4 is 4.90 Å². The fraction of sp³-hybridized carbons (Fsp3) is 0.650. The molecule has 4 rings (SSSR count). The van der Waals surface area contributed by atoms with E-state index in [1.165, 1.54) is 8.61 Å². The monoisotopic (exact) mass is 438 g/mol. The second-order valence-electron chi connectivity index (χ2n) is 8.04. The summed E-state index contributed by atoms with van der Waals surface area (Å²) >= 11 is 0. The molecule has 10 heteroatoms. The molecule has 3 heterocycles.